The molecule has 0 aliphatic heterocycles. The molecule has 0 saturated carbocycles. The van der Waals surface area contributed by atoms with E-state index in [1.807, 2.05) is 30.6 Å². The van der Waals surface area contributed by atoms with Gasteiger partial charge in [-0.1, -0.05) is 6.07 Å². The minimum atomic E-state index is -0.364. The quantitative estimate of drug-likeness (QED) is 0.518. The van der Waals surface area contributed by atoms with Gasteiger partial charge in [0.2, 0.25) is 0 Å². The molecular weight excluding hydrogens is 248 g/mol. The summed E-state index contributed by atoms with van der Waals surface area (Å²) in [6, 6.07) is 11.0. The van der Waals surface area contributed by atoms with Crippen molar-refractivity contribution in [1.29, 1.82) is 0 Å². The van der Waals surface area contributed by atoms with Gasteiger partial charge in [0.05, 0.1) is 15.5 Å². The van der Waals surface area contributed by atoms with Crippen LogP contribution in [-0.2, 0) is 7.05 Å². The third-order valence-corrected chi connectivity index (χ3v) is 3.90. The number of aromatic nitrogens is 1. The van der Waals surface area contributed by atoms with Gasteiger partial charge in [-0.15, -0.1) is 11.3 Å². The van der Waals surface area contributed by atoms with Crippen molar-refractivity contribution < 1.29 is 4.92 Å². The smallest absolute Gasteiger partial charge is 0.270 e. The maximum absolute atomic E-state index is 10.8. The topological polar surface area (TPSA) is 48.1 Å². The van der Waals surface area contributed by atoms with Crippen LogP contribution in [0.3, 0.4) is 0 Å². The van der Waals surface area contributed by atoms with E-state index in [4.69, 9.17) is 0 Å². The van der Waals surface area contributed by atoms with E-state index in [2.05, 4.69) is 4.57 Å². The standard InChI is InChI=1S/C13H10N2O2S/c1-14-11-5-4-10(15(16)17)7-9(11)8-12(14)13-3-2-6-18-13/h2-8H,1H3. The average molecular weight is 258 g/mol. The van der Waals surface area contributed by atoms with Crippen LogP contribution in [0.2, 0.25) is 0 Å². The normalized spacial score (nSPS) is 10.9. The highest BCUT2D eigenvalue weighted by molar-refractivity contribution is 7.13. The Hall–Kier alpha value is -2.14. The molecule has 0 spiro atoms. The molecule has 0 atom stereocenters. The van der Waals surface area contributed by atoms with Crippen LogP contribution in [0.1, 0.15) is 0 Å². The van der Waals surface area contributed by atoms with Gasteiger partial charge in [-0.05, 0) is 23.6 Å². The number of thiophene rings is 1. The molecule has 90 valence electrons. The summed E-state index contributed by atoms with van der Waals surface area (Å²) >= 11 is 1.66. The van der Waals surface area contributed by atoms with Gasteiger partial charge in [-0.2, -0.15) is 0 Å². The maximum Gasteiger partial charge on any atom is 0.270 e. The molecule has 2 aromatic heterocycles. The van der Waals surface area contributed by atoms with E-state index >= 15 is 0 Å². The Labute approximate surface area is 107 Å². The highest BCUT2D eigenvalue weighted by atomic mass is 32.1. The third kappa shape index (κ3) is 1.60. The number of fused-ring (bicyclic) bond motifs is 1. The highest BCUT2D eigenvalue weighted by Gasteiger charge is 2.12. The van der Waals surface area contributed by atoms with Crippen LogP contribution >= 0.6 is 11.3 Å². The molecule has 0 unspecified atom stereocenters. The fourth-order valence-electron chi connectivity index (χ4n) is 2.11. The van der Waals surface area contributed by atoms with Crippen LogP contribution in [-0.4, -0.2) is 9.49 Å². The molecule has 18 heavy (non-hydrogen) atoms. The molecule has 0 N–H and O–H groups in total. The Kier molecular flexibility index (Phi) is 2.41. The third-order valence-electron chi connectivity index (χ3n) is 3.01. The number of nitrogens with zero attached hydrogens (tertiary/aromatic N) is 2. The number of nitro groups is 1. The molecule has 2 heterocycles. The molecule has 3 rings (SSSR count). The number of aryl methyl sites for hydroxylation is 1. The van der Waals surface area contributed by atoms with Crippen LogP contribution in [0.25, 0.3) is 21.5 Å². The summed E-state index contributed by atoms with van der Waals surface area (Å²) in [6.07, 6.45) is 0. The number of benzene rings is 1. The van der Waals surface area contributed by atoms with E-state index in [1.165, 1.54) is 0 Å². The largest absolute Gasteiger partial charge is 0.343 e. The first-order valence-corrected chi connectivity index (χ1v) is 6.32. The van der Waals surface area contributed by atoms with Crippen molar-refractivity contribution in [1.82, 2.24) is 4.57 Å². The molecule has 0 saturated heterocycles. The van der Waals surface area contributed by atoms with Crippen LogP contribution in [0.4, 0.5) is 5.69 Å². The highest BCUT2D eigenvalue weighted by Crippen LogP contribution is 2.31. The molecule has 0 aliphatic carbocycles. The monoisotopic (exact) mass is 258 g/mol. The van der Waals surface area contributed by atoms with Gasteiger partial charge in [0.1, 0.15) is 0 Å². The Morgan fingerprint density at radius 1 is 1.28 bits per heavy atom. The Morgan fingerprint density at radius 3 is 2.78 bits per heavy atom. The van der Waals surface area contributed by atoms with Crippen LogP contribution in [0.15, 0.2) is 41.8 Å². The number of nitro benzene ring substituents is 1. The molecule has 4 nitrogen and oxygen atoms in total. The van der Waals surface area contributed by atoms with Crippen molar-refractivity contribution in [2.75, 3.05) is 0 Å². The summed E-state index contributed by atoms with van der Waals surface area (Å²) in [6.45, 7) is 0. The van der Waals surface area contributed by atoms with Crippen LogP contribution in [0, 0.1) is 10.1 Å². The van der Waals surface area contributed by atoms with Crippen LogP contribution in [0.5, 0.6) is 0 Å². The van der Waals surface area contributed by atoms with Crippen molar-refractivity contribution in [3.63, 3.8) is 0 Å². The lowest BCUT2D eigenvalue weighted by molar-refractivity contribution is -0.384. The van der Waals surface area contributed by atoms with Gasteiger partial charge in [0.25, 0.3) is 5.69 Å². The zero-order valence-corrected chi connectivity index (χ0v) is 10.5. The van der Waals surface area contributed by atoms with Crippen molar-refractivity contribution in [2.24, 2.45) is 7.05 Å². The van der Waals surface area contributed by atoms with Gasteiger partial charge in [0.15, 0.2) is 0 Å². The zero-order chi connectivity index (χ0) is 12.7. The average Bonchev–Trinajstić information content (AvgIpc) is 2.97. The van der Waals surface area contributed by atoms with E-state index in [-0.39, 0.29) is 10.6 Å². The van der Waals surface area contributed by atoms with Crippen molar-refractivity contribution >= 4 is 27.9 Å². The summed E-state index contributed by atoms with van der Waals surface area (Å²) in [4.78, 5) is 11.6. The first-order chi connectivity index (χ1) is 8.66. The van der Waals surface area contributed by atoms with Crippen molar-refractivity contribution in [3.8, 4) is 10.6 Å². The lowest BCUT2D eigenvalue weighted by Crippen LogP contribution is -1.90. The maximum atomic E-state index is 10.8. The predicted molar refractivity (Wildman–Crippen MR) is 72.9 cm³/mol. The van der Waals surface area contributed by atoms with Gasteiger partial charge in [-0.3, -0.25) is 10.1 Å². The summed E-state index contributed by atoms with van der Waals surface area (Å²) in [5.74, 6) is 0. The first-order valence-electron chi connectivity index (χ1n) is 5.44. The fourth-order valence-corrected chi connectivity index (χ4v) is 2.89. The van der Waals surface area contributed by atoms with Gasteiger partial charge in [-0.25, -0.2) is 0 Å². The first kappa shape index (κ1) is 11.0. The molecule has 0 amide bonds. The van der Waals surface area contributed by atoms with Gasteiger partial charge >= 0.3 is 0 Å². The van der Waals surface area contributed by atoms with Crippen LogP contribution < -0.4 is 0 Å². The second-order valence-corrected chi connectivity index (χ2v) is 5.01. The minimum Gasteiger partial charge on any atom is -0.343 e. The van der Waals surface area contributed by atoms with Gasteiger partial charge < -0.3 is 4.57 Å². The van der Waals surface area contributed by atoms with E-state index in [0.29, 0.717) is 0 Å². The Balaban J connectivity index is 2.25. The molecule has 0 bridgehead atoms. The zero-order valence-electron chi connectivity index (χ0n) is 9.66. The number of hydrogen-bond donors (Lipinski definition) is 0. The van der Waals surface area contributed by atoms with Crippen molar-refractivity contribution in [2.45, 2.75) is 0 Å². The molecule has 0 fully saturated rings. The fraction of sp³-hybridized carbons (Fsp3) is 0.0769. The summed E-state index contributed by atoms with van der Waals surface area (Å²) in [5.41, 5.74) is 2.22. The van der Waals surface area contributed by atoms with E-state index in [1.54, 1.807) is 29.5 Å². The minimum absolute atomic E-state index is 0.130. The van der Waals surface area contributed by atoms with E-state index in [9.17, 15) is 10.1 Å². The molecule has 3 aromatic rings. The summed E-state index contributed by atoms with van der Waals surface area (Å²) in [7, 11) is 1.98. The Morgan fingerprint density at radius 2 is 2.11 bits per heavy atom. The van der Waals surface area contributed by atoms with Crippen molar-refractivity contribution in [3.05, 3.63) is 51.9 Å². The van der Waals surface area contributed by atoms with E-state index in [0.717, 1.165) is 21.5 Å². The second kappa shape index (κ2) is 3.96. The second-order valence-electron chi connectivity index (χ2n) is 4.07. The molecular formula is C13H10N2O2S. The molecule has 0 aliphatic rings. The summed E-state index contributed by atoms with van der Waals surface area (Å²) < 4.78 is 2.06. The molecule has 5 heteroatoms. The molecule has 0 radical (unpaired) electrons. The van der Waals surface area contributed by atoms with E-state index < -0.39 is 0 Å². The SMILES string of the molecule is Cn1c(-c2cccs2)cc2cc([N+](=O)[O-])ccc21. The number of hydrogen-bond acceptors (Lipinski definition) is 3. The number of non-ortho nitro benzene ring substituents is 1. The summed E-state index contributed by atoms with van der Waals surface area (Å²) in [5, 5.41) is 13.7. The number of rotatable bonds is 2. The lowest BCUT2D eigenvalue weighted by atomic mass is 10.2. The predicted octanol–water partition coefficient (Wildman–Crippen LogP) is 3.82. The van der Waals surface area contributed by atoms with Gasteiger partial charge in [0, 0.05) is 30.1 Å². The lowest BCUT2D eigenvalue weighted by Gasteiger charge is -2.01. The Bertz CT molecular complexity index is 729. The molecule has 1 aromatic carbocycles.